The highest BCUT2D eigenvalue weighted by atomic mass is 14.8. The van der Waals surface area contributed by atoms with Crippen molar-refractivity contribution in [1.29, 1.82) is 0 Å². The maximum atomic E-state index is 5.34. The van der Waals surface area contributed by atoms with Crippen molar-refractivity contribution < 1.29 is 0 Å². The van der Waals surface area contributed by atoms with Crippen LogP contribution in [0.5, 0.6) is 0 Å². The molecule has 54 valence electrons. The van der Waals surface area contributed by atoms with Crippen molar-refractivity contribution in [3.63, 3.8) is 0 Å². The second-order valence-electron chi connectivity index (χ2n) is 1.98. The summed E-state index contributed by atoms with van der Waals surface area (Å²) in [4.78, 5) is 0. The Morgan fingerprint density at radius 1 is 1.67 bits per heavy atom. The molecular formula is C6H15N3. The molecule has 0 aliphatic rings. The molecule has 0 bridgehead atoms. The summed E-state index contributed by atoms with van der Waals surface area (Å²) in [7, 11) is 0. The molecule has 0 radical (unpaired) electrons. The van der Waals surface area contributed by atoms with Gasteiger partial charge >= 0.3 is 0 Å². The van der Waals surface area contributed by atoms with Crippen LogP contribution in [0.3, 0.4) is 0 Å². The largest absolute Gasteiger partial charge is 0.401 e. The van der Waals surface area contributed by atoms with Gasteiger partial charge < -0.3 is 16.8 Å². The normalized spacial score (nSPS) is 11.6. The molecule has 3 heteroatoms. The average Bonchev–Trinajstić information content (AvgIpc) is 1.80. The van der Waals surface area contributed by atoms with Gasteiger partial charge in [0, 0.05) is 18.4 Å². The molecule has 0 unspecified atom stereocenters. The molecule has 0 rings (SSSR count). The number of allylic oxidation sites excluding steroid dienone is 1. The van der Waals surface area contributed by atoms with Crippen molar-refractivity contribution in [1.82, 2.24) is 5.32 Å². The van der Waals surface area contributed by atoms with Crippen LogP contribution in [-0.4, -0.2) is 13.1 Å². The molecular weight excluding hydrogens is 114 g/mol. The lowest BCUT2D eigenvalue weighted by Crippen LogP contribution is -2.13. The van der Waals surface area contributed by atoms with Crippen molar-refractivity contribution >= 4 is 0 Å². The molecule has 0 aromatic carbocycles. The van der Waals surface area contributed by atoms with Gasteiger partial charge in [0.15, 0.2) is 0 Å². The molecule has 3 nitrogen and oxygen atoms in total. The van der Waals surface area contributed by atoms with Gasteiger partial charge in [0.1, 0.15) is 0 Å². The minimum atomic E-state index is 0.727. The Morgan fingerprint density at radius 3 is 2.78 bits per heavy atom. The highest BCUT2D eigenvalue weighted by Gasteiger charge is 1.78. The second-order valence-corrected chi connectivity index (χ2v) is 1.98. The van der Waals surface area contributed by atoms with E-state index in [-0.39, 0.29) is 0 Å². The van der Waals surface area contributed by atoms with Gasteiger partial charge in [-0.1, -0.05) is 0 Å². The third kappa shape index (κ3) is 7.30. The smallest absolute Gasteiger partial charge is 0.0208 e. The molecule has 0 amide bonds. The fourth-order valence-electron chi connectivity index (χ4n) is 0.437. The minimum Gasteiger partial charge on any atom is -0.401 e. The standard InChI is InChI=1S/C6H15N3/c1-6(8)5-9-4-2-3-7/h5,9H,2-4,7-8H2,1H3/b6-5-. The number of nitrogens with one attached hydrogen (secondary N) is 1. The zero-order valence-corrected chi connectivity index (χ0v) is 5.85. The van der Waals surface area contributed by atoms with E-state index in [4.69, 9.17) is 11.5 Å². The zero-order valence-electron chi connectivity index (χ0n) is 5.85. The molecule has 9 heavy (non-hydrogen) atoms. The number of nitrogens with two attached hydrogens (primary N) is 2. The molecule has 5 N–H and O–H groups in total. The quantitative estimate of drug-likeness (QED) is 0.458. The lowest BCUT2D eigenvalue weighted by atomic mass is 10.4. The third-order valence-electron chi connectivity index (χ3n) is 0.855. The van der Waals surface area contributed by atoms with Crippen LogP contribution in [0.25, 0.3) is 0 Å². The lowest BCUT2D eigenvalue weighted by Gasteiger charge is -1.97. The minimum absolute atomic E-state index is 0.727. The summed E-state index contributed by atoms with van der Waals surface area (Å²) in [5.74, 6) is 0. The lowest BCUT2D eigenvalue weighted by molar-refractivity contribution is 0.757. The first kappa shape index (κ1) is 8.30. The maximum Gasteiger partial charge on any atom is 0.0208 e. The van der Waals surface area contributed by atoms with Crippen LogP contribution in [-0.2, 0) is 0 Å². The summed E-state index contributed by atoms with van der Waals surface area (Å²) in [6.45, 7) is 3.48. The van der Waals surface area contributed by atoms with Crippen LogP contribution in [0.2, 0.25) is 0 Å². The molecule has 0 fully saturated rings. The average molecular weight is 129 g/mol. The van der Waals surface area contributed by atoms with Gasteiger partial charge in [-0.25, -0.2) is 0 Å². The van der Waals surface area contributed by atoms with Crippen LogP contribution < -0.4 is 16.8 Å². The monoisotopic (exact) mass is 129 g/mol. The van der Waals surface area contributed by atoms with Gasteiger partial charge in [0.25, 0.3) is 0 Å². The van der Waals surface area contributed by atoms with E-state index >= 15 is 0 Å². The van der Waals surface area contributed by atoms with Crippen LogP contribution in [0, 0.1) is 0 Å². The van der Waals surface area contributed by atoms with Gasteiger partial charge in [-0.2, -0.15) is 0 Å². The Morgan fingerprint density at radius 2 is 2.33 bits per heavy atom. The number of hydrogen-bond donors (Lipinski definition) is 3. The summed E-state index contributed by atoms with van der Waals surface area (Å²) in [5, 5.41) is 3.02. The van der Waals surface area contributed by atoms with Crippen molar-refractivity contribution in [3.05, 3.63) is 11.9 Å². The molecule has 0 aliphatic carbocycles. The first-order valence-corrected chi connectivity index (χ1v) is 3.13. The van der Waals surface area contributed by atoms with E-state index in [1.165, 1.54) is 0 Å². The van der Waals surface area contributed by atoms with Gasteiger partial charge in [-0.15, -0.1) is 0 Å². The van der Waals surface area contributed by atoms with E-state index < -0.39 is 0 Å². The molecule has 0 aromatic rings. The fourth-order valence-corrected chi connectivity index (χ4v) is 0.437. The molecule has 0 saturated carbocycles. The van der Waals surface area contributed by atoms with E-state index in [2.05, 4.69) is 5.32 Å². The van der Waals surface area contributed by atoms with Gasteiger partial charge in [-0.3, -0.25) is 0 Å². The van der Waals surface area contributed by atoms with E-state index in [9.17, 15) is 0 Å². The number of rotatable bonds is 4. The topological polar surface area (TPSA) is 64.1 Å². The Kier molecular flexibility index (Phi) is 5.01. The fraction of sp³-hybridized carbons (Fsp3) is 0.667. The summed E-state index contributed by atoms with van der Waals surface area (Å²) in [6, 6.07) is 0. The van der Waals surface area contributed by atoms with Crippen LogP contribution in [0.4, 0.5) is 0 Å². The van der Waals surface area contributed by atoms with Crippen molar-refractivity contribution in [2.45, 2.75) is 13.3 Å². The molecule has 0 atom stereocenters. The molecule has 0 heterocycles. The van der Waals surface area contributed by atoms with E-state index in [0.29, 0.717) is 0 Å². The van der Waals surface area contributed by atoms with Crippen LogP contribution in [0.15, 0.2) is 11.9 Å². The molecule has 0 aliphatic heterocycles. The van der Waals surface area contributed by atoms with Gasteiger partial charge in [0.05, 0.1) is 0 Å². The van der Waals surface area contributed by atoms with E-state index in [1.807, 2.05) is 6.92 Å². The van der Waals surface area contributed by atoms with Crippen LogP contribution in [0.1, 0.15) is 13.3 Å². The van der Waals surface area contributed by atoms with Crippen LogP contribution >= 0.6 is 0 Å². The van der Waals surface area contributed by atoms with Gasteiger partial charge in [-0.05, 0) is 19.9 Å². The summed E-state index contributed by atoms with van der Waals surface area (Å²) < 4.78 is 0. The molecule has 0 spiro atoms. The Hall–Kier alpha value is -0.700. The van der Waals surface area contributed by atoms with Crippen molar-refractivity contribution in [2.75, 3.05) is 13.1 Å². The second kappa shape index (κ2) is 5.44. The SMILES string of the molecule is C/C(N)=C/NCCCN. The van der Waals surface area contributed by atoms with E-state index in [1.54, 1.807) is 6.20 Å². The van der Waals surface area contributed by atoms with Crippen molar-refractivity contribution in [2.24, 2.45) is 11.5 Å². The highest BCUT2D eigenvalue weighted by Crippen LogP contribution is 1.74. The predicted molar refractivity (Wildman–Crippen MR) is 39.6 cm³/mol. The Balaban J connectivity index is 3.00. The zero-order chi connectivity index (χ0) is 7.11. The Bertz CT molecular complexity index is 84.3. The Labute approximate surface area is 56.1 Å². The van der Waals surface area contributed by atoms with Crippen molar-refractivity contribution in [3.8, 4) is 0 Å². The first-order chi connectivity index (χ1) is 4.27. The van der Waals surface area contributed by atoms with E-state index in [0.717, 1.165) is 25.2 Å². The summed E-state index contributed by atoms with van der Waals surface area (Å²) in [6.07, 6.45) is 2.78. The highest BCUT2D eigenvalue weighted by molar-refractivity contribution is 4.88. The predicted octanol–water partition coefficient (Wildman–Crippen LogP) is -0.255. The molecule has 0 aromatic heterocycles. The first-order valence-electron chi connectivity index (χ1n) is 3.13. The van der Waals surface area contributed by atoms with Gasteiger partial charge in [0.2, 0.25) is 0 Å². The summed E-state index contributed by atoms with van der Waals surface area (Å²) >= 11 is 0. The number of hydrogen-bond acceptors (Lipinski definition) is 3. The molecule has 0 saturated heterocycles. The maximum absolute atomic E-state index is 5.34. The summed E-state index contributed by atoms with van der Waals surface area (Å²) in [5.41, 5.74) is 11.4. The third-order valence-corrected chi connectivity index (χ3v) is 0.855.